The first-order chi connectivity index (χ1) is 19.7. The van der Waals surface area contributed by atoms with Crippen molar-refractivity contribution in [3.05, 3.63) is 0 Å². The van der Waals surface area contributed by atoms with Crippen LogP contribution in [0.2, 0.25) is 0 Å². The van der Waals surface area contributed by atoms with E-state index >= 15 is 0 Å². The molecule has 0 N–H and O–H groups in total. The van der Waals surface area contributed by atoms with Crippen molar-refractivity contribution in [3.8, 4) is 0 Å². The highest BCUT2D eigenvalue weighted by Crippen LogP contribution is 2.27. The lowest BCUT2D eigenvalue weighted by Gasteiger charge is -2.27. The van der Waals surface area contributed by atoms with Crippen LogP contribution in [0.5, 0.6) is 0 Å². The van der Waals surface area contributed by atoms with Gasteiger partial charge in [-0.05, 0) is 53.4 Å². The molecule has 0 rings (SSSR count). The average Bonchev–Trinajstić information content (AvgIpc) is 2.95. The van der Waals surface area contributed by atoms with Crippen molar-refractivity contribution in [2.24, 2.45) is 11.8 Å². The van der Waals surface area contributed by atoms with E-state index in [9.17, 15) is 0 Å². The van der Waals surface area contributed by atoms with Crippen LogP contribution in [0.4, 0.5) is 0 Å². The largest absolute Gasteiger partial charge is 0.353 e. The highest BCUT2D eigenvalue weighted by atomic mass is 16.7. The maximum Gasteiger partial charge on any atom is 0.160 e. The first-order valence-corrected chi connectivity index (χ1v) is 18.1. The third kappa shape index (κ3) is 23.4. The molecule has 4 nitrogen and oxygen atoms in total. The number of hydrogen-bond donors (Lipinski definition) is 0. The van der Waals surface area contributed by atoms with Gasteiger partial charge in [-0.25, -0.2) is 0 Å². The second-order valence-corrected chi connectivity index (χ2v) is 11.9. The molecule has 0 fully saturated rings. The Labute approximate surface area is 252 Å². The third-order valence-corrected chi connectivity index (χ3v) is 8.35. The third-order valence-electron chi connectivity index (χ3n) is 8.35. The van der Waals surface area contributed by atoms with Gasteiger partial charge in [-0.1, -0.05) is 129 Å². The van der Waals surface area contributed by atoms with E-state index in [0.29, 0.717) is 11.8 Å². The van der Waals surface area contributed by atoms with Crippen molar-refractivity contribution in [2.75, 3.05) is 26.4 Å². The summed E-state index contributed by atoms with van der Waals surface area (Å²) in [5, 5.41) is 0. The van der Waals surface area contributed by atoms with Gasteiger partial charge in [0.25, 0.3) is 0 Å². The molecule has 0 radical (unpaired) electrons. The van der Waals surface area contributed by atoms with Crippen molar-refractivity contribution in [1.29, 1.82) is 0 Å². The second kappa shape index (κ2) is 31.8. The molecule has 0 bridgehead atoms. The molecule has 40 heavy (non-hydrogen) atoms. The summed E-state index contributed by atoms with van der Waals surface area (Å²) in [7, 11) is 0. The zero-order chi connectivity index (χ0) is 29.5. The zero-order valence-electron chi connectivity index (χ0n) is 28.3. The normalized spacial score (nSPS) is 13.5. The van der Waals surface area contributed by atoms with Crippen molar-refractivity contribution in [2.45, 2.75) is 195 Å². The van der Waals surface area contributed by atoms with Crippen molar-refractivity contribution < 1.29 is 18.9 Å². The monoisotopic (exact) mass is 571 g/mol. The lowest BCUT2D eigenvalue weighted by molar-refractivity contribution is -0.171. The maximum atomic E-state index is 6.06. The molecule has 0 amide bonds. The fourth-order valence-electron chi connectivity index (χ4n) is 6.02. The molecule has 0 spiro atoms. The molecule has 0 aliphatic rings. The quantitative estimate of drug-likeness (QED) is 0.0581. The molecule has 4 heteroatoms. The first kappa shape index (κ1) is 39.8. The van der Waals surface area contributed by atoms with E-state index in [1.165, 1.54) is 141 Å². The fraction of sp³-hybridized carbons (Fsp3) is 1.00. The molecular formula is C36H74O4. The molecule has 0 aliphatic carbocycles. The van der Waals surface area contributed by atoms with Gasteiger partial charge in [0.2, 0.25) is 0 Å². The Kier molecular flexibility index (Phi) is 31.6. The topological polar surface area (TPSA) is 36.9 Å². The second-order valence-electron chi connectivity index (χ2n) is 11.9. The summed E-state index contributed by atoms with van der Waals surface area (Å²) in [4.78, 5) is 0. The molecule has 0 saturated carbocycles. The van der Waals surface area contributed by atoms with Crippen LogP contribution in [0.25, 0.3) is 0 Å². The lowest BCUT2D eigenvalue weighted by Crippen LogP contribution is -2.28. The van der Waals surface area contributed by atoms with Gasteiger partial charge in [0.1, 0.15) is 0 Å². The van der Waals surface area contributed by atoms with Crippen LogP contribution in [0, 0.1) is 11.8 Å². The van der Waals surface area contributed by atoms with Crippen molar-refractivity contribution >= 4 is 0 Å². The highest BCUT2D eigenvalue weighted by molar-refractivity contribution is 4.68. The minimum atomic E-state index is -0.0282. The predicted molar refractivity (Wildman–Crippen MR) is 174 cm³/mol. The molecule has 0 aliphatic heterocycles. The van der Waals surface area contributed by atoms with E-state index in [1.807, 2.05) is 0 Å². The van der Waals surface area contributed by atoms with Crippen molar-refractivity contribution in [3.63, 3.8) is 0 Å². The molecule has 2 atom stereocenters. The molecule has 0 saturated heterocycles. The average molecular weight is 571 g/mol. The number of rotatable bonds is 33. The first-order valence-electron chi connectivity index (χ1n) is 18.1. The minimum Gasteiger partial charge on any atom is -0.353 e. The van der Waals surface area contributed by atoms with Gasteiger partial charge in [-0.15, -0.1) is 0 Å². The van der Waals surface area contributed by atoms with Gasteiger partial charge in [-0.3, -0.25) is 0 Å². The maximum absolute atomic E-state index is 6.06. The molecule has 0 aromatic carbocycles. The van der Waals surface area contributed by atoms with Crippen LogP contribution in [-0.2, 0) is 18.9 Å². The zero-order valence-corrected chi connectivity index (χ0v) is 28.3. The van der Waals surface area contributed by atoms with Gasteiger partial charge < -0.3 is 18.9 Å². The fourth-order valence-corrected chi connectivity index (χ4v) is 6.02. The number of ether oxygens (including phenoxy) is 4. The SMILES string of the molecule is CCCCCCCCCC(CCCCCCC(CCCCCCCCC)C(OCC)OCC)C(OCC)OCC. The summed E-state index contributed by atoms with van der Waals surface area (Å²) >= 11 is 0. The molecule has 0 aromatic heterocycles. The Hall–Kier alpha value is -0.160. The van der Waals surface area contributed by atoms with Crippen LogP contribution in [0.15, 0.2) is 0 Å². The Bertz CT molecular complexity index is 418. The molecule has 0 heterocycles. The van der Waals surface area contributed by atoms with Gasteiger partial charge in [0.15, 0.2) is 12.6 Å². The van der Waals surface area contributed by atoms with Crippen LogP contribution >= 0.6 is 0 Å². The Balaban J connectivity index is 4.57. The van der Waals surface area contributed by atoms with Gasteiger partial charge in [-0.2, -0.15) is 0 Å². The van der Waals surface area contributed by atoms with E-state index in [0.717, 1.165) is 26.4 Å². The highest BCUT2D eigenvalue weighted by Gasteiger charge is 2.23. The van der Waals surface area contributed by atoms with Gasteiger partial charge in [0.05, 0.1) is 0 Å². The molecule has 242 valence electrons. The predicted octanol–water partition coefficient (Wildman–Crippen LogP) is 11.6. The van der Waals surface area contributed by atoms with E-state index in [-0.39, 0.29) is 12.6 Å². The summed E-state index contributed by atoms with van der Waals surface area (Å²) in [6.07, 6.45) is 29.1. The van der Waals surface area contributed by atoms with E-state index in [1.54, 1.807) is 0 Å². The van der Waals surface area contributed by atoms with Crippen LogP contribution in [0.3, 0.4) is 0 Å². The van der Waals surface area contributed by atoms with Crippen LogP contribution in [0.1, 0.15) is 183 Å². The Morgan fingerprint density at radius 3 is 0.750 bits per heavy atom. The summed E-state index contributed by atoms with van der Waals surface area (Å²) in [5.74, 6) is 1.06. The molecule has 0 aromatic rings. The van der Waals surface area contributed by atoms with Crippen LogP contribution in [-0.4, -0.2) is 39.0 Å². The number of unbranched alkanes of at least 4 members (excludes halogenated alkanes) is 15. The van der Waals surface area contributed by atoms with E-state index < -0.39 is 0 Å². The van der Waals surface area contributed by atoms with E-state index in [2.05, 4.69) is 41.5 Å². The lowest BCUT2D eigenvalue weighted by atomic mass is 9.91. The van der Waals surface area contributed by atoms with Crippen molar-refractivity contribution in [1.82, 2.24) is 0 Å². The standard InChI is InChI=1S/C36H74O4/c1-7-13-15-17-19-21-25-29-33(35(37-9-3)38-10-4)31-27-23-24-28-32-34(36(39-11-5)40-12-6)30-26-22-20-18-16-14-8-2/h33-36H,7-32H2,1-6H3. The van der Waals surface area contributed by atoms with E-state index in [4.69, 9.17) is 18.9 Å². The Morgan fingerprint density at radius 1 is 0.300 bits per heavy atom. The molecular weight excluding hydrogens is 496 g/mol. The molecule has 2 unspecified atom stereocenters. The summed E-state index contributed by atoms with van der Waals surface area (Å²) < 4.78 is 24.2. The Morgan fingerprint density at radius 2 is 0.525 bits per heavy atom. The van der Waals surface area contributed by atoms with Gasteiger partial charge >= 0.3 is 0 Å². The van der Waals surface area contributed by atoms with Gasteiger partial charge in [0, 0.05) is 38.3 Å². The summed E-state index contributed by atoms with van der Waals surface area (Å²) in [6, 6.07) is 0. The summed E-state index contributed by atoms with van der Waals surface area (Å²) in [6.45, 7) is 15.9. The number of hydrogen-bond acceptors (Lipinski definition) is 4. The van der Waals surface area contributed by atoms with Crippen LogP contribution < -0.4 is 0 Å². The smallest absolute Gasteiger partial charge is 0.160 e. The minimum absolute atomic E-state index is 0.0282. The summed E-state index contributed by atoms with van der Waals surface area (Å²) in [5.41, 5.74) is 0.